The fraction of sp³-hybridized carbons (Fsp3) is 0.353. The average molecular weight is 329 g/mol. The Morgan fingerprint density at radius 1 is 1.33 bits per heavy atom. The van der Waals surface area contributed by atoms with Crippen LogP contribution >= 0.6 is 0 Å². The van der Waals surface area contributed by atoms with Gasteiger partial charge in [0.25, 0.3) is 5.91 Å². The molecular formula is C17H23N5O2. The van der Waals surface area contributed by atoms with Crippen LogP contribution in [0.25, 0.3) is 0 Å². The summed E-state index contributed by atoms with van der Waals surface area (Å²) in [4.78, 5) is 24.5. The second-order valence-electron chi connectivity index (χ2n) is 5.49. The molecule has 0 fully saturated rings. The molecule has 0 saturated heterocycles. The van der Waals surface area contributed by atoms with E-state index in [0.717, 1.165) is 12.0 Å². The molecule has 1 heterocycles. The van der Waals surface area contributed by atoms with Crippen LogP contribution in [0.2, 0.25) is 0 Å². The number of aromatic nitrogens is 2. The van der Waals surface area contributed by atoms with Crippen LogP contribution in [-0.2, 0) is 11.8 Å². The summed E-state index contributed by atoms with van der Waals surface area (Å²) < 4.78 is 1.64. The van der Waals surface area contributed by atoms with Crippen LogP contribution in [0.3, 0.4) is 0 Å². The van der Waals surface area contributed by atoms with Crippen molar-refractivity contribution in [3.05, 3.63) is 47.8 Å². The van der Waals surface area contributed by atoms with Crippen LogP contribution < -0.4 is 16.0 Å². The first-order chi connectivity index (χ1) is 11.5. The van der Waals surface area contributed by atoms with Gasteiger partial charge in [0.1, 0.15) is 6.04 Å². The zero-order valence-electron chi connectivity index (χ0n) is 14.2. The number of carbonyl (C=O) groups excluding carboxylic acids is 2. The van der Waals surface area contributed by atoms with Crippen molar-refractivity contribution in [2.45, 2.75) is 19.4 Å². The predicted octanol–water partition coefficient (Wildman–Crippen LogP) is 1.46. The quantitative estimate of drug-likeness (QED) is 0.717. The Balaban J connectivity index is 2.09. The fourth-order valence-corrected chi connectivity index (χ4v) is 2.33. The molecule has 0 radical (unpaired) electrons. The molecule has 7 nitrogen and oxygen atoms in total. The molecule has 0 aliphatic heterocycles. The minimum absolute atomic E-state index is 0.148. The molecule has 1 atom stereocenters. The average Bonchev–Trinajstić information content (AvgIpc) is 2.99. The van der Waals surface area contributed by atoms with E-state index in [4.69, 9.17) is 0 Å². The number of likely N-dealkylation sites (N-methyl/N-ethyl adjacent to an activating group) is 1. The van der Waals surface area contributed by atoms with Crippen molar-refractivity contribution in [2.75, 3.05) is 18.9 Å². The number of anilines is 1. The number of hydrogen-bond acceptors (Lipinski definition) is 4. The third-order valence-electron chi connectivity index (χ3n) is 3.54. The topological polar surface area (TPSA) is 88.1 Å². The summed E-state index contributed by atoms with van der Waals surface area (Å²) in [7, 11) is 3.51. The predicted molar refractivity (Wildman–Crippen MR) is 92.7 cm³/mol. The summed E-state index contributed by atoms with van der Waals surface area (Å²) in [6, 6.07) is 6.37. The maximum Gasteiger partial charge on any atom is 0.251 e. The molecule has 2 rings (SSSR count). The van der Waals surface area contributed by atoms with Gasteiger partial charge in [0.05, 0.1) is 6.20 Å². The maximum absolute atomic E-state index is 12.5. The first kappa shape index (κ1) is 17.7. The van der Waals surface area contributed by atoms with Crippen LogP contribution in [-0.4, -0.2) is 35.2 Å². The lowest BCUT2D eigenvalue weighted by Crippen LogP contribution is -2.30. The van der Waals surface area contributed by atoms with Gasteiger partial charge in [-0.25, -0.2) is 0 Å². The standard InChI is InChI=1S/C17H23N5O2/c1-4-8-19-16(23)12-6-5-7-14(9-12)21-17(24)15(18-2)13-10-20-22(3)11-13/h5-7,9-11,15,18H,4,8H2,1-3H3,(H,19,23)(H,21,24). The van der Waals surface area contributed by atoms with E-state index in [1.807, 2.05) is 6.92 Å². The number of benzene rings is 1. The summed E-state index contributed by atoms with van der Waals surface area (Å²) in [6.45, 7) is 2.62. The molecule has 1 unspecified atom stereocenters. The van der Waals surface area contributed by atoms with Gasteiger partial charge in [-0.2, -0.15) is 5.10 Å². The van der Waals surface area contributed by atoms with Gasteiger partial charge in [0, 0.05) is 36.6 Å². The monoisotopic (exact) mass is 329 g/mol. The molecule has 0 bridgehead atoms. The summed E-state index contributed by atoms with van der Waals surface area (Å²) in [5.74, 6) is -0.359. The Morgan fingerprint density at radius 2 is 2.12 bits per heavy atom. The van der Waals surface area contributed by atoms with Crippen molar-refractivity contribution in [3.63, 3.8) is 0 Å². The molecule has 7 heteroatoms. The summed E-state index contributed by atoms with van der Waals surface area (Å²) in [6.07, 6.45) is 4.31. The number of nitrogens with one attached hydrogen (secondary N) is 3. The van der Waals surface area contributed by atoms with Gasteiger partial charge in [-0.3, -0.25) is 14.3 Å². The number of hydrogen-bond donors (Lipinski definition) is 3. The molecule has 0 saturated carbocycles. The van der Waals surface area contributed by atoms with Crippen LogP contribution in [0.1, 0.15) is 35.3 Å². The normalized spacial score (nSPS) is 11.8. The minimum atomic E-state index is -0.517. The molecule has 1 aromatic heterocycles. The zero-order chi connectivity index (χ0) is 17.5. The molecule has 128 valence electrons. The molecule has 0 aliphatic rings. The minimum Gasteiger partial charge on any atom is -0.352 e. The number of amides is 2. The fourth-order valence-electron chi connectivity index (χ4n) is 2.33. The van der Waals surface area contributed by atoms with E-state index in [9.17, 15) is 9.59 Å². The lowest BCUT2D eigenvalue weighted by molar-refractivity contribution is -0.118. The van der Waals surface area contributed by atoms with Gasteiger partial charge >= 0.3 is 0 Å². The first-order valence-corrected chi connectivity index (χ1v) is 7.90. The van der Waals surface area contributed by atoms with Crippen LogP contribution in [0.15, 0.2) is 36.7 Å². The van der Waals surface area contributed by atoms with Gasteiger partial charge in [0.2, 0.25) is 5.91 Å². The molecular weight excluding hydrogens is 306 g/mol. The summed E-state index contributed by atoms with van der Waals surface area (Å²) in [5.41, 5.74) is 1.87. The molecule has 2 amide bonds. The number of aryl methyl sites for hydroxylation is 1. The molecule has 3 N–H and O–H groups in total. The van der Waals surface area contributed by atoms with Crippen molar-refractivity contribution >= 4 is 17.5 Å². The van der Waals surface area contributed by atoms with E-state index in [0.29, 0.717) is 17.8 Å². The third kappa shape index (κ3) is 4.42. The lowest BCUT2D eigenvalue weighted by Gasteiger charge is -2.15. The second kappa shape index (κ2) is 8.26. The largest absolute Gasteiger partial charge is 0.352 e. The highest BCUT2D eigenvalue weighted by Gasteiger charge is 2.20. The van der Waals surface area contributed by atoms with E-state index in [-0.39, 0.29) is 11.8 Å². The molecule has 0 aliphatic carbocycles. The molecule has 24 heavy (non-hydrogen) atoms. The lowest BCUT2D eigenvalue weighted by atomic mass is 10.1. The summed E-state index contributed by atoms with van der Waals surface area (Å²) >= 11 is 0. The van der Waals surface area contributed by atoms with Gasteiger partial charge in [-0.1, -0.05) is 13.0 Å². The Morgan fingerprint density at radius 3 is 2.75 bits per heavy atom. The molecule has 2 aromatic rings. The maximum atomic E-state index is 12.5. The van der Waals surface area contributed by atoms with E-state index >= 15 is 0 Å². The van der Waals surface area contributed by atoms with Crippen LogP contribution in [0.4, 0.5) is 5.69 Å². The van der Waals surface area contributed by atoms with E-state index < -0.39 is 6.04 Å². The smallest absolute Gasteiger partial charge is 0.251 e. The highest BCUT2D eigenvalue weighted by Crippen LogP contribution is 2.16. The Bertz CT molecular complexity index is 711. The second-order valence-corrected chi connectivity index (χ2v) is 5.49. The highest BCUT2D eigenvalue weighted by atomic mass is 16.2. The Labute approximate surface area is 141 Å². The number of nitrogens with zero attached hydrogens (tertiary/aromatic N) is 2. The van der Waals surface area contributed by atoms with Crippen LogP contribution in [0, 0.1) is 0 Å². The summed E-state index contributed by atoms with van der Waals surface area (Å²) in [5, 5.41) is 12.7. The van der Waals surface area contributed by atoms with E-state index in [1.54, 1.807) is 55.4 Å². The van der Waals surface area contributed by atoms with E-state index in [1.165, 1.54) is 0 Å². The van der Waals surface area contributed by atoms with Crippen molar-refractivity contribution < 1.29 is 9.59 Å². The van der Waals surface area contributed by atoms with Crippen LogP contribution in [0.5, 0.6) is 0 Å². The van der Waals surface area contributed by atoms with Crippen molar-refractivity contribution in [1.82, 2.24) is 20.4 Å². The first-order valence-electron chi connectivity index (χ1n) is 7.90. The Hall–Kier alpha value is -2.67. The molecule has 1 aromatic carbocycles. The highest BCUT2D eigenvalue weighted by molar-refractivity contribution is 5.98. The van der Waals surface area contributed by atoms with Gasteiger partial charge < -0.3 is 16.0 Å². The molecule has 0 spiro atoms. The number of carbonyl (C=O) groups is 2. The SMILES string of the molecule is CCCNC(=O)c1cccc(NC(=O)C(NC)c2cnn(C)c2)c1. The zero-order valence-corrected chi connectivity index (χ0v) is 14.2. The van der Waals surface area contributed by atoms with Gasteiger partial charge in [0.15, 0.2) is 0 Å². The van der Waals surface area contributed by atoms with Crippen molar-refractivity contribution in [1.29, 1.82) is 0 Å². The number of rotatable bonds is 7. The van der Waals surface area contributed by atoms with E-state index in [2.05, 4.69) is 21.0 Å². The van der Waals surface area contributed by atoms with Crippen molar-refractivity contribution in [2.24, 2.45) is 7.05 Å². The Kier molecular flexibility index (Phi) is 6.08. The van der Waals surface area contributed by atoms with Crippen molar-refractivity contribution in [3.8, 4) is 0 Å². The van der Waals surface area contributed by atoms with Gasteiger partial charge in [-0.05, 0) is 31.7 Å². The third-order valence-corrected chi connectivity index (χ3v) is 3.54. The van der Waals surface area contributed by atoms with Gasteiger partial charge in [-0.15, -0.1) is 0 Å².